The number of nitrogens with one attached hydrogen (secondary N) is 1. The van der Waals surface area contributed by atoms with Gasteiger partial charge in [0.1, 0.15) is 16.6 Å². The summed E-state index contributed by atoms with van der Waals surface area (Å²) in [5.74, 6) is 2.07. The smallest absolute Gasteiger partial charge is 0.132 e. The molecule has 0 unspecified atom stereocenters. The van der Waals surface area contributed by atoms with Crippen LogP contribution in [0.4, 0.5) is 5.82 Å². The molecule has 3 heterocycles. The number of thiazole rings is 1. The van der Waals surface area contributed by atoms with E-state index in [0.29, 0.717) is 12.1 Å². The van der Waals surface area contributed by atoms with E-state index in [9.17, 15) is 0 Å². The second-order valence-corrected chi connectivity index (χ2v) is 7.48. The van der Waals surface area contributed by atoms with Gasteiger partial charge in [-0.1, -0.05) is 6.92 Å². The summed E-state index contributed by atoms with van der Waals surface area (Å²) in [5, 5.41) is 6.94. The van der Waals surface area contributed by atoms with Crippen LogP contribution in [0.15, 0.2) is 17.6 Å². The molecule has 24 heavy (non-hydrogen) atoms. The zero-order valence-corrected chi connectivity index (χ0v) is 15.6. The Morgan fingerprint density at radius 2 is 2.12 bits per heavy atom. The Labute approximate surface area is 148 Å². The van der Waals surface area contributed by atoms with Crippen LogP contribution in [0.2, 0.25) is 0 Å². The predicted molar refractivity (Wildman–Crippen MR) is 99.7 cm³/mol. The van der Waals surface area contributed by atoms with Gasteiger partial charge in [-0.2, -0.15) is 0 Å². The number of hydrogen-bond donors (Lipinski definition) is 1. The summed E-state index contributed by atoms with van der Waals surface area (Å²) >= 11 is 1.72. The van der Waals surface area contributed by atoms with E-state index in [2.05, 4.69) is 47.0 Å². The fourth-order valence-corrected chi connectivity index (χ4v) is 3.91. The van der Waals surface area contributed by atoms with Gasteiger partial charge < -0.3 is 10.2 Å². The maximum Gasteiger partial charge on any atom is 0.132 e. The molecule has 2 aromatic rings. The first-order chi connectivity index (χ1) is 11.7. The second kappa shape index (κ2) is 8.03. The van der Waals surface area contributed by atoms with Gasteiger partial charge in [0.05, 0.1) is 6.04 Å². The van der Waals surface area contributed by atoms with Gasteiger partial charge in [0, 0.05) is 48.9 Å². The van der Waals surface area contributed by atoms with E-state index in [1.807, 2.05) is 11.6 Å². The second-order valence-electron chi connectivity index (χ2n) is 6.55. The van der Waals surface area contributed by atoms with Crippen LogP contribution in [0.25, 0.3) is 0 Å². The predicted octanol–water partition coefficient (Wildman–Crippen LogP) is 3.51. The number of anilines is 1. The minimum Gasteiger partial charge on any atom is -0.356 e. The fraction of sp³-hybridized carbons (Fsp3) is 0.611. The molecule has 0 saturated carbocycles. The van der Waals surface area contributed by atoms with Crippen LogP contribution >= 0.6 is 11.3 Å². The molecule has 1 aliphatic heterocycles. The SMILES string of the molecule is CCCc1nc(C)cc(N2CCC(N[C@@H](C)c3nccs3)CC2)n1. The quantitative estimate of drug-likeness (QED) is 0.868. The van der Waals surface area contributed by atoms with Crippen molar-refractivity contribution < 1.29 is 0 Å². The van der Waals surface area contributed by atoms with Gasteiger partial charge in [0.25, 0.3) is 0 Å². The minimum atomic E-state index is 0.332. The van der Waals surface area contributed by atoms with E-state index in [1.54, 1.807) is 11.3 Å². The van der Waals surface area contributed by atoms with Crippen molar-refractivity contribution in [2.75, 3.05) is 18.0 Å². The molecule has 0 amide bonds. The molecule has 1 aliphatic rings. The normalized spacial score (nSPS) is 17.2. The third kappa shape index (κ3) is 4.30. The number of piperidine rings is 1. The zero-order chi connectivity index (χ0) is 16.9. The molecule has 0 aromatic carbocycles. The lowest BCUT2D eigenvalue weighted by Crippen LogP contribution is -2.43. The monoisotopic (exact) mass is 345 g/mol. The number of nitrogens with zero attached hydrogens (tertiary/aromatic N) is 4. The van der Waals surface area contributed by atoms with E-state index in [0.717, 1.165) is 56.1 Å². The topological polar surface area (TPSA) is 53.9 Å². The summed E-state index contributed by atoms with van der Waals surface area (Å²) in [6.07, 6.45) is 6.21. The van der Waals surface area contributed by atoms with E-state index < -0.39 is 0 Å². The summed E-state index contributed by atoms with van der Waals surface area (Å²) < 4.78 is 0. The van der Waals surface area contributed by atoms with Crippen molar-refractivity contribution in [3.8, 4) is 0 Å². The summed E-state index contributed by atoms with van der Waals surface area (Å²) in [6, 6.07) is 3.00. The van der Waals surface area contributed by atoms with E-state index in [4.69, 9.17) is 4.98 Å². The zero-order valence-electron chi connectivity index (χ0n) is 14.8. The summed E-state index contributed by atoms with van der Waals surface area (Å²) in [4.78, 5) is 16.1. The van der Waals surface area contributed by atoms with E-state index in [-0.39, 0.29) is 0 Å². The van der Waals surface area contributed by atoms with Crippen molar-refractivity contribution >= 4 is 17.2 Å². The van der Waals surface area contributed by atoms with Crippen LogP contribution in [-0.2, 0) is 6.42 Å². The molecule has 0 radical (unpaired) electrons. The summed E-state index contributed by atoms with van der Waals surface area (Å²) in [5.41, 5.74) is 1.07. The molecule has 1 atom stereocenters. The summed E-state index contributed by atoms with van der Waals surface area (Å²) in [6.45, 7) is 8.53. The molecule has 1 N–H and O–H groups in total. The molecule has 1 fully saturated rings. The first kappa shape index (κ1) is 17.3. The number of rotatable bonds is 6. The molecular formula is C18H27N5S. The van der Waals surface area contributed by atoms with E-state index in [1.165, 1.54) is 5.01 Å². The third-order valence-electron chi connectivity index (χ3n) is 4.49. The third-order valence-corrected chi connectivity index (χ3v) is 5.45. The Morgan fingerprint density at radius 3 is 2.79 bits per heavy atom. The van der Waals surface area contributed by atoms with Crippen molar-refractivity contribution in [1.29, 1.82) is 0 Å². The van der Waals surface area contributed by atoms with Crippen molar-refractivity contribution in [1.82, 2.24) is 20.3 Å². The average molecular weight is 346 g/mol. The Bertz CT molecular complexity index is 635. The lowest BCUT2D eigenvalue weighted by Gasteiger charge is -2.34. The first-order valence-electron chi connectivity index (χ1n) is 8.90. The van der Waals surface area contributed by atoms with Crippen LogP contribution in [0.5, 0.6) is 0 Å². The van der Waals surface area contributed by atoms with Gasteiger partial charge >= 0.3 is 0 Å². The van der Waals surface area contributed by atoms with Crippen LogP contribution < -0.4 is 10.2 Å². The Kier molecular flexibility index (Phi) is 5.79. The number of aromatic nitrogens is 3. The standard InChI is InChI=1S/C18H27N5S/c1-4-5-16-20-13(2)12-17(22-16)23-9-6-15(7-10-23)21-14(3)18-19-8-11-24-18/h8,11-12,14-15,21H,4-7,9-10H2,1-3H3/t14-/m0/s1. The molecule has 1 saturated heterocycles. The fourth-order valence-electron chi connectivity index (χ4n) is 3.26. The maximum atomic E-state index is 4.76. The highest BCUT2D eigenvalue weighted by Crippen LogP contribution is 2.22. The highest BCUT2D eigenvalue weighted by Gasteiger charge is 2.22. The maximum absolute atomic E-state index is 4.76. The molecule has 0 bridgehead atoms. The van der Waals surface area contributed by atoms with Gasteiger partial charge in [-0.3, -0.25) is 0 Å². The minimum absolute atomic E-state index is 0.332. The van der Waals surface area contributed by atoms with Gasteiger partial charge in [0.15, 0.2) is 0 Å². The Balaban J connectivity index is 1.57. The molecule has 5 nitrogen and oxygen atoms in total. The van der Waals surface area contributed by atoms with E-state index >= 15 is 0 Å². The van der Waals surface area contributed by atoms with Crippen LogP contribution in [0, 0.1) is 6.92 Å². The average Bonchev–Trinajstić information content (AvgIpc) is 3.10. The van der Waals surface area contributed by atoms with Gasteiger partial charge in [-0.25, -0.2) is 15.0 Å². The van der Waals surface area contributed by atoms with Crippen molar-refractivity contribution in [3.05, 3.63) is 34.2 Å². The van der Waals surface area contributed by atoms with Crippen molar-refractivity contribution in [2.24, 2.45) is 0 Å². The Morgan fingerprint density at radius 1 is 1.33 bits per heavy atom. The molecule has 2 aromatic heterocycles. The molecule has 0 aliphatic carbocycles. The largest absolute Gasteiger partial charge is 0.356 e. The van der Waals surface area contributed by atoms with Crippen LogP contribution in [0.3, 0.4) is 0 Å². The summed E-state index contributed by atoms with van der Waals surface area (Å²) in [7, 11) is 0. The first-order valence-corrected chi connectivity index (χ1v) is 9.78. The highest BCUT2D eigenvalue weighted by atomic mass is 32.1. The highest BCUT2D eigenvalue weighted by molar-refractivity contribution is 7.09. The van der Waals surface area contributed by atoms with Crippen molar-refractivity contribution in [3.63, 3.8) is 0 Å². The number of aryl methyl sites for hydroxylation is 2. The lowest BCUT2D eigenvalue weighted by atomic mass is 10.0. The van der Waals surface area contributed by atoms with Gasteiger partial charge in [-0.05, 0) is 33.1 Å². The van der Waals surface area contributed by atoms with Gasteiger partial charge in [-0.15, -0.1) is 11.3 Å². The molecular weight excluding hydrogens is 318 g/mol. The van der Waals surface area contributed by atoms with Crippen LogP contribution in [0.1, 0.15) is 55.7 Å². The molecule has 3 rings (SSSR count). The molecule has 6 heteroatoms. The lowest BCUT2D eigenvalue weighted by molar-refractivity contribution is 0.379. The Hall–Kier alpha value is -1.53. The molecule has 0 spiro atoms. The van der Waals surface area contributed by atoms with Gasteiger partial charge in [0.2, 0.25) is 0 Å². The molecule has 130 valence electrons. The van der Waals surface area contributed by atoms with Crippen molar-refractivity contribution in [2.45, 2.75) is 58.5 Å². The number of hydrogen-bond acceptors (Lipinski definition) is 6. The van der Waals surface area contributed by atoms with Crippen LogP contribution in [-0.4, -0.2) is 34.1 Å².